The largest absolute Gasteiger partial charge is 0.508 e. The minimum absolute atomic E-state index is 0.0110. The molecule has 25 heavy (non-hydrogen) atoms. The van der Waals surface area contributed by atoms with Crippen LogP contribution in [0.25, 0.3) is 21.9 Å². The molecule has 0 bridgehead atoms. The molecule has 1 aromatic heterocycles. The minimum Gasteiger partial charge on any atom is -0.508 e. The van der Waals surface area contributed by atoms with Gasteiger partial charge in [-0.15, -0.1) is 0 Å². The first kappa shape index (κ1) is 15.7. The first-order valence-electron chi connectivity index (χ1n) is 7.76. The van der Waals surface area contributed by atoms with Crippen LogP contribution in [0.4, 0.5) is 0 Å². The summed E-state index contributed by atoms with van der Waals surface area (Å²) in [6, 6.07) is 5.47. The quantitative estimate of drug-likeness (QED) is 0.519. The summed E-state index contributed by atoms with van der Waals surface area (Å²) in [4.78, 5) is 12.7. The Balaban J connectivity index is 1.99. The van der Waals surface area contributed by atoms with Gasteiger partial charge >= 0.3 is 0 Å². The Bertz CT molecular complexity index is 1060. The van der Waals surface area contributed by atoms with Crippen molar-refractivity contribution in [2.24, 2.45) is 0 Å². The van der Waals surface area contributed by atoms with Gasteiger partial charge in [-0.05, 0) is 19.1 Å². The molecule has 1 aliphatic rings. The molecule has 0 aliphatic carbocycles. The van der Waals surface area contributed by atoms with Crippen molar-refractivity contribution in [3.05, 3.63) is 40.1 Å². The van der Waals surface area contributed by atoms with Crippen molar-refractivity contribution in [1.29, 1.82) is 0 Å². The zero-order valence-corrected chi connectivity index (χ0v) is 13.3. The van der Waals surface area contributed by atoms with Gasteiger partial charge in [-0.3, -0.25) is 4.79 Å². The SMILES string of the molecule is C[C@@](O)(CO)[C@H]1Cc2c(ccc3c(=O)c4c(O)cc(O)cc4oc23)O1. The predicted molar refractivity (Wildman–Crippen MR) is 89.1 cm³/mol. The Morgan fingerprint density at radius 1 is 1.28 bits per heavy atom. The van der Waals surface area contributed by atoms with Crippen LogP contribution in [0.5, 0.6) is 17.2 Å². The number of rotatable bonds is 2. The fourth-order valence-corrected chi connectivity index (χ4v) is 3.18. The average molecular weight is 344 g/mol. The monoisotopic (exact) mass is 344 g/mol. The first-order valence-corrected chi connectivity index (χ1v) is 7.76. The summed E-state index contributed by atoms with van der Waals surface area (Å²) >= 11 is 0. The third kappa shape index (κ3) is 2.24. The number of phenols is 2. The Hall–Kier alpha value is -2.77. The molecule has 0 saturated heterocycles. The molecule has 1 aliphatic heterocycles. The Kier molecular flexibility index (Phi) is 3.22. The number of fused-ring (bicyclic) bond motifs is 4. The molecule has 2 atom stereocenters. The van der Waals surface area contributed by atoms with Gasteiger partial charge in [-0.2, -0.15) is 0 Å². The van der Waals surface area contributed by atoms with Crippen LogP contribution in [0.15, 0.2) is 33.5 Å². The molecule has 2 heterocycles. The maximum Gasteiger partial charge on any atom is 0.204 e. The number of benzene rings is 2. The summed E-state index contributed by atoms with van der Waals surface area (Å²) in [7, 11) is 0. The third-order valence-electron chi connectivity index (χ3n) is 4.64. The molecule has 4 N–H and O–H groups in total. The maximum atomic E-state index is 12.7. The van der Waals surface area contributed by atoms with Gasteiger partial charge in [0, 0.05) is 24.1 Å². The summed E-state index contributed by atoms with van der Waals surface area (Å²) in [6.07, 6.45) is -0.434. The van der Waals surface area contributed by atoms with Gasteiger partial charge in [0.25, 0.3) is 0 Å². The minimum atomic E-state index is -1.45. The number of aromatic hydroxyl groups is 2. The number of hydrogen-bond acceptors (Lipinski definition) is 7. The van der Waals surface area contributed by atoms with Gasteiger partial charge in [-0.25, -0.2) is 0 Å². The van der Waals surface area contributed by atoms with E-state index in [-0.39, 0.29) is 39.9 Å². The normalized spacial score (nSPS) is 18.9. The van der Waals surface area contributed by atoms with Crippen LogP contribution in [-0.2, 0) is 6.42 Å². The first-order chi connectivity index (χ1) is 11.8. The second-order valence-corrected chi connectivity index (χ2v) is 6.51. The highest BCUT2D eigenvalue weighted by molar-refractivity contribution is 5.95. The molecular formula is C18H16O7. The number of phenolic OH excluding ortho intramolecular Hbond substituents is 2. The van der Waals surface area contributed by atoms with Crippen LogP contribution < -0.4 is 10.2 Å². The molecule has 0 fully saturated rings. The van der Waals surface area contributed by atoms with Gasteiger partial charge in [0.2, 0.25) is 5.43 Å². The van der Waals surface area contributed by atoms with Crippen LogP contribution in [-0.4, -0.2) is 38.7 Å². The number of aliphatic hydroxyl groups excluding tert-OH is 1. The maximum absolute atomic E-state index is 12.7. The number of hydrogen-bond donors (Lipinski definition) is 4. The smallest absolute Gasteiger partial charge is 0.204 e. The van der Waals surface area contributed by atoms with E-state index in [1.165, 1.54) is 19.1 Å². The molecule has 0 radical (unpaired) electrons. The second kappa shape index (κ2) is 5.11. The van der Waals surface area contributed by atoms with Gasteiger partial charge in [-0.1, -0.05) is 0 Å². The van der Waals surface area contributed by atoms with Gasteiger partial charge in [0.05, 0.1) is 12.0 Å². The van der Waals surface area contributed by atoms with Crippen molar-refractivity contribution >= 4 is 21.9 Å². The van der Waals surface area contributed by atoms with E-state index in [0.29, 0.717) is 11.3 Å². The van der Waals surface area contributed by atoms with Crippen molar-refractivity contribution in [3.8, 4) is 17.2 Å². The lowest BCUT2D eigenvalue weighted by Gasteiger charge is -2.26. The highest BCUT2D eigenvalue weighted by atomic mass is 16.5. The van der Waals surface area contributed by atoms with E-state index in [9.17, 15) is 25.2 Å². The van der Waals surface area contributed by atoms with E-state index in [1.54, 1.807) is 6.07 Å². The van der Waals surface area contributed by atoms with E-state index in [4.69, 9.17) is 9.15 Å². The lowest BCUT2D eigenvalue weighted by atomic mass is 9.95. The summed E-state index contributed by atoms with van der Waals surface area (Å²) in [6.45, 7) is 0.992. The molecule has 0 spiro atoms. The lowest BCUT2D eigenvalue weighted by Crippen LogP contribution is -2.45. The molecule has 7 nitrogen and oxygen atoms in total. The third-order valence-corrected chi connectivity index (χ3v) is 4.64. The van der Waals surface area contributed by atoms with E-state index < -0.39 is 23.7 Å². The topological polar surface area (TPSA) is 120 Å². The van der Waals surface area contributed by atoms with Crippen LogP contribution in [0, 0.1) is 0 Å². The fourth-order valence-electron chi connectivity index (χ4n) is 3.18. The summed E-state index contributed by atoms with van der Waals surface area (Å²) in [5.74, 6) is -0.126. The summed E-state index contributed by atoms with van der Waals surface area (Å²) < 4.78 is 11.5. The van der Waals surface area contributed by atoms with Crippen molar-refractivity contribution in [2.45, 2.75) is 25.0 Å². The van der Waals surface area contributed by atoms with Crippen molar-refractivity contribution in [3.63, 3.8) is 0 Å². The Morgan fingerprint density at radius 2 is 2.04 bits per heavy atom. The van der Waals surface area contributed by atoms with Crippen molar-refractivity contribution in [1.82, 2.24) is 0 Å². The molecule has 7 heteroatoms. The summed E-state index contributed by atoms with van der Waals surface area (Å²) in [5, 5.41) is 39.4. The average Bonchev–Trinajstić information content (AvgIpc) is 2.99. The molecule has 130 valence electrons. The van der Waals surface area contributed by atoms with Crippen LogP contribution >= 0.6 is 0 Å². The zero-order valence-electron chi connectivity index (χ0n) is 13.3. The molecule has 0 amide bonds. The summed E-state index contributed by atoms with van der Waals surface area (Å²) in [5.41, 5.74) is -0.942. The second-order valence-electron chi connectivity index (χ2n) is 6.51. The molecule has 2 aromatic carbocycles. The standard InChI is InChI=1S/C18H16O7/c1-18(23,7-19)14-6-10-12(24-14)3-2-9-16(22)15-11(21)4-8(20)5-13(15)25-17(9)10/h2-5,14,19-21,23H,6-7H2,1H3/t14-,18-/m1/s1. The fraction of sp³-hybridized carbons (Fsp3) is 0.278. The predicted octanol–water partition coefficient (Wildman–Crippen LogP) is 1.40. The van der Waals surface area contributed by atoms with Gasteiger partial charge in [0.15, 0.2) is 0 Å². The number of aliphatic hydroxyl groups is 2. The van der Waals surface area contributed by atoms with E-state index in [2.05, 4.69) is 0 Å². The van der Waals surface area contributed by atoms with Crippen LogP contribution in [0.2, 0.25) is 0 Å². The van der Waals surface area contributed by atoms with Crippen LogP contribution in [0.3, 0.4) is 0 Å². The molecule has 0 unspecified atom stereocenters. The highest BCUT2D eigenvalue weighted by Crippen LogP contribution is 2.39. The van der Waals surface area contributed by atoms with Gasteiger partial charge in [0.1, 0.15) is 45.5 Å². The van der Waals surface area contributed by atoms with Crippen LogP contribution in [0.1, 0.15) is 12.5 Å². The van der Waals surface area contributed by atoms with Gasteiger partial charge < -0.3 is 29.6 Å². The zero-order chi connectivity index (χ0) is 17.9. The van der Waals surface area contributed by atoms with E-state index in [0.717, 1.165) is 6.07 Å². The molecular weight excluding hydrogens is 328 g/mol. The Morgan fingerprint density at radius 3 is 2.76 bits per heavy atom. The molecule has 0 saturated carbocycles. The van der Waals surface area contributed by atoms with E-state index in [1.807, 2.05) is 0 Å². The Labute approximate surface area is 141 Å². The highest BCUT2D eigenvalue weighted by Gasteiger charge is 2.39. The van der Waals surface area contributed by atoms with Crippen molar-refractivity contribution in [2.75, 3.05) is 6.61 Å². The molecule has 3 aromatic rings. The lowest BCUT2D eigenvalue weighted by molar-refractivity contribution is -0.0729. The number of ether oxygens (including phenoxy) is 1. The van der Waals surface area contributed by atoms with Crippen molar-refractivity contribution < 1.29 is 29.6 Å². The molecule has 4 rings (SSSR count). The van der Waals surface area contributed by atoms with E-state index >= 15 is 0 Å².